The maximum Gasteiger partial charge on any atom is 0.294 e. The van der Waals surface area contributed by atoms with Crippen molar-refractivity contribution in [2.75, 3.05) is 31.6 Å². The number of nitrogens with one attached hydrogen (secondary N) is 1. The van der Waals surface area contributed by atoms with Crippen LogP contribution in [-0.2, 0) is 14.4 Å². The predicted molar refractivity (Wildman–Crippen MR) is 140 cm³/mol. The molecule has 2 aromatic carbocycles. The highest BCUT2D eigenvalue weighted by molar-refractivity contribution is 8.18. The van der Waals surface area contributed by atoms with Crippen molar-refractivity contribution in [2.45, 2.75) is 33.1 Å². The maximum atomic E-state index is 12.8. The van der Waals surface area contributed by atoms with E-state index in [1.165, 1.54) is 0 Å². The van der Waals surface area contributed by atoms with Crippen LogP contribution in [0.15, 0.2) is 47.4 Å². The molecule has 0 unspecified atom stereocenters. The van der Waals surface area contributed by atoms with Gasteiger partial charge in [0.05, 0.1) is 4.91 Å². The Hall–Kier alpha value is -3.59. The number of ether oxygens (including phenoxy) is 1. The second-order valence-electron chi connectivity index (χ2n) is 8.87. The lowest BCUT2D eigenvalue weighted by Crippen LogP contribution is -2.44. The number of imide groups is 1. The van der Waals surface area contributed by atoms with E-state index in [9.17, 15) is 19.2 Å². The molecule has 2 heterocycles. The first-order valence-corrected chi connectivity index (χ1v) is 12.8. The van der Waals surface area contributed by atoms with Crippen LogP contribution in [0, 0.1) is 13.8 Å². The molecule has 2 aromatic rings. The standard InChI is InChI=1S/C27H29N3O5S/c1-18-8-6-11-22(19(18)2)28-24(31)17-35-21-10-7-9-20(14-21)15-23-26(33)30(27(34)36-23)16-25(32)29-12-4-3-5-13-29/h6-11,14-15H,3-5,12-13,16-17H2,1-2H3,(H,28,31)/b23-15-. The average Bonchev–Trinajstić information content (AvgIpc) is 3.13. The molecule has 2 fully saturated rings. The third kappa shape index (κ3) is 6.15. The Morgan fingerprint density at radius 1 is 1.06 bits per heavy atom. The van der Waals surface area contributed by atoms with Crippen LogP contribution in [0.3, 0.4) is 0 Å². The number of benzene rings is 2. The van der Waals surface area contributed by atoms with Crippen LogP contribution in [0.25, 0.3) is 6.08 Å². The van der Waals surface area contributed by atoms with Crippen molar-refractivity contribution in [3.63, 3.8) is 0 Å². The summed E-state index contributed by atoms with van der Waals surface area (Å²) in [5.41, 5.74) is 3.48. The van der Waals surface area contributed by atoms with Gasteiger partial charge in [0.2, 0.25) is 5.91 Å². The van der Waals surface area contributed by atoms with Gasteiger partial charge in [0.1, 0.15) is 12.3 Å². The van der Waals surface area contributed by atoms with Crippen LogP contribution in [-0.4, -0.2) is 59.0 Å². The number of thioether (sulfide) groups is 1. The molecule has 0 radical (unpaired) electrons. The summed E-state index contributed by atoms with van der Waals surface area (Å²) in [6.07, 6.45) is 4.57. The van der Waals surface area contributed by atoms with Crippen molar-refractivity contribution >= 4 is 46.5 Å². The molecule has 1 N–H and O–H groups in total. The van der Waals surface area contributed by atoms with Crippen molar-refractivity contribution in [1.82, 2.24) is 9.80 Å². The topological polar surface area (TPSA) is 96.0 Å². The SMILES string of the molecule is Cc1cccc(NC(=O)COc2cccc(/C=C3\SC(=O)N(CC(=O)N4CCCCC4)C3=O)c2)c1C. The Labute approximate surface area is 214 Å². The summed E-state index contributed by atoms with van der Waals surface area (Å²) in [5, 5.41) is 2.40. The summed E-state index contributed by atoms with van der Waals surface area (Å²) in [6, 6.07) is 12.6. The van der Waals surface area contributed by atoms with Gasteiger partial charge in [-0.05, 0) is 85.8 Å². The lowest BCUT2D eigenvalue weighted by Gasteiger charge is -2.27. The lowest BCUT2D eigenvalue weighted by atomic mass is 10.1. The minimum absolute atomic E-state index is 0.175. The van der Waals surface area contributed by atoms with Crippen LogP contribution in [0.4, 0.5) is 10.5 Å². The highest BCUT2D eigenvalue weighted by atomic mass is 32.2. The van der Waals surface area contributed by atoms with Crippen LogP contribution < -0.4 is 10.1 Å². The molecule has 0 aromatic heterocycles. The Morgan fingerprint density at radius 3 is 2.58 bits per heavy atom. The van der Waals surface area contributed by atoms with Crippen molar-refractivity contribution in [1.29, 1.82) is 0 Å². The number of aryl methyl sites for hydroxylation is 1. The monoisotopic (exact) mass is 507 g/mol. The van der Waals surface area contributed by atoms with Crippen molar-refractivity contribution in [3.05, 3.63) is 64.1 Å². The molecule has 2 saturated heterocycles. The molecule has 0 spiro atoms. The van der Waals surface area contributed by atoms with Gasteiger partial charge in [-0.3, -0.25) is 24.1 Å². The Kier molecular flexibility index (Phi) is 8.10. The van der Waals surface area contributed by atoms with Crippen LogP contribution >= 0.6 is 11.8 Å². The van der Waals surface area contributed by atoms with Crippen LogP contribution in [0.2, 0.25) is 0 Å². The van der Waals surface area contributed by atoms with E-state index >= 15 is 0 Å². The van der Waals surface area contributed by atoms with Gasteiger partial charge in [0, 0.05) is 18.8 Å². The number of hydrogen-bond acceptors (Lipinski definition) is 6. The minimum Gasteiger partial charge on any atom is -0.484 e. The zero-order chi connectivity index (χ0) is 25.7. The van der Waals surface area contributed by atoms with Gasteiger partial charge in [-0.2, -0.15) is 0 Å². The van der Waals surface area contributed by atoms with Gasteiger partial charge in [0.15, 0.2) is 6.61 Å². The molecule has 4 amide bonds. The van der Waals surface area contributed by atoms with Gasteiger partial charge < -0.3 is 15.0 Å². The van der Waals surface area contributed by atoms with Crippen LogP contribution in [0.5, 0.6) is 5.75 Å². The summed E-state index contributed by atoms with van der Waals surface area (Å²) in [5.74, 6) is -0.504. The third-order valence-electron chi connectivity index (χ3n) is 6.28. The van der Waals surface area contributed by atoms with E-state index < -0.39 is 11.1 Å². The smallest absolute Gasteiger partial charge is 0.294 e. The molecule has 0 saturated carbocycles. The number of amides is 4. The maximum absolute atomic E-state index is 12.8. The van der Waals surface area contributed by atoms with Gasteiger partial charge >= 0.3 is 0 Å². The number of hydrogen-bond donors (Lipinski definition) is 1. The summed E-state index contributed by atoms with van der Waals surface area (Å²) in [7, 11) is 0. The molecular weight excluding hydrogens is 478 g/mol. The fraction of sp³-hybridized carbons (Fsp3) is 0.333. The van der Waals surface area contributed by atoms with E-state index in [-0.39, 0.29) is 29.9 Å². The Morgan fingerprint density at radius 2 is 1.81 bits per heavy atom. The van der Waals surface area contributed by atoms with Crippen LogP contribution in [0.1, 0.15) is 36.0 Å². The quantitative estimate of drug-likeness (QED) is 0.559. The molecule has 0 atom stereocenters. The van der Waals surface area contributed by atoms with E-state index in [2.05, 4.69) is 5.32 Å². The average molecular weight is 508 g/mol. The minimum atomic E-state index is -0.477. The number of carbonyl (C=O) groups excluding carboxylic acids is 4. The fourth-order valence-electron chi connectivity index (χ4n) is 4.08. The van der Waals surface area contributed by atoms with Crippen molar-refractivity contribution in [3.8, 4) is 5.75 Å². The number of likely N-dealkylation sites (tertiary alicyclic amines) is 1. The number of carbonyl (C=O) groups is 4. The number of anilines is 1. The second kappa shape index (κ2) is 11.4. The summed E-state index contributed by atoms with van der Waals surface area (Å²) in [6.45, 7) is 4.85. The van der Waals surface area contributed by atoms with Gasteiger partial charge in [-0.1, -0.05) is 24.3 Å². The first-order chi connectivity index (χ1) is 17.3. The number of rotatable bonds is 7. The first kappa shape index (κ1) is 25.5. The largest absolute Gasteiger partial charge is 0.484 e. The summed E-state index contributed by atoms with van der Waals surface area (Å²) < 4.78 is 5.64. The summed E-state index contributed by atoms with van der Waals surface area (Å²) >= 11 is 0.816. The Balaban J connectivity index is 1.36. The molecule has 9 heteroatoms. The zero-order valence-electron chi connectivity index (χ0n) is 20.4. The predicted octanol–water partition coefficient (Wildman–Crippen LogP) is 4.37. The summed E-state index contributed by atoms with van der Waals surface area (Å²) in [4.78, 5) is 53.1. The van der Waals surface area contributed by atoms with E-state index in [0.717, 1.165) is 52.7 Å². The molecule has 4 rings (SSSR count). The second-order valence-corrected chi connectivity index (χ2v) is 9.86. The van der Waals surface area contributed by atoms with Gasteiger partial charge in [-0.15, -0.1) is 0 Å². The van der Waals surface area contributed by atoms with E-state index in [0.29, 0.717) is 24.4 Å². The van der Waals surface area contributed by atoms with Gasteiger partial charge in [0.25, 0.3) is 17.1 Å². The molecule has 188 valence electrons. The van der Waals surface area contributed by atoms with Crippen molar-refractivity contribution < 1.29 is 23.9 Å². The van der Waals surface area contributed by atoms with E-state index in [1.54, 1.807) is 35.2 Å². The molecule has 8 nitrogen and oxygen atoms in total. The number of nitrogens with zero attached hydrogens (tertiary/aromatic N) is 2. The normalized spacial score (nSPS) is 17.0. The molecular formula is C27H29N3O5S. The molecule has 2 aliphatic heterocycles. The lowest BCUT2D eigenvalue weighted by molar-refractivity contribution is -0.136. The fourth-order valence-corrected chi connectivity index (χ4v) is 4.92. The third-order valence-corrected chi connectivity index (χ3v) is 7.19. The van der Waals surface area contributed by atoms with E-state index in [1.807, 2.05) is 32.0 Å². The molecule has 0 bridgehead atoms. The van der Waals surface area contributed by atoms with E-state index in [4.69, 9.17) is 4.74 Å². The van der Waals surface area contributed by atoms with Crippen molar-refractivity contribution in [2.24, 2.45) is 0 Å². The van der Waals surface area contributed by atoms with Gasteiger partial charge in [-0.25, -0.2) is 0 Å². The molecule has 36 heavy (non-hydrogen) atoms. The number of piperidine rings is 1. The highest BCUT2D eigenvalue weighted by Gasteiger charge is 2.37. The molecule has 0 aliphatic carbocycles. The molecule has 2 aliphatic rings. The first-order valence-electron chi connectivity index (χ1n) is 11.9. The zero-order valence-corrected chi connectivity index (χ0v) is 21.2. The highest BCUT2D eigenvalue weighted by Crippen LogP contribution is 2.32. The Bertz CT molecular complexity index is 1220.